The molecule has 4 heteroatoms. The van der Waals surface area contributed by atoms with Gasteiger partial charge in [-0.3, -0.25) is 9.63 Å². The molecule has 16 heavy (non-hydrogen) atoms. The highest BCUT2D eigenvalue weighted by Gasteiger charge is 2.05. The first-order valence-corrected chi connectivity index (χ1v) is 4.84. The summed E-state index contributed by atoms with van der Waals surface area (Å²) in [4.78, 5) is 16.5. The number of rotatable bonds is 4. The van der Waals surface area contributed by atoms with Crippen LogP contribution in [0.4, 0.5) is 0 Å². The van der Waals surface area contributed by atoms with Crippen LogP contribution in [0.15, 0.2) is 53.3 Å². The second-order valence-electron chi connectivity index (χ2n) is 3.22. The molecule has 0 aliphatic rings. The average molecular weight is 217 g/mol. The number of furan rings is 1. The third-order valence-electron chi connectivity index (χ3n) is 2.03. The van der Waals surface area contributed by atoms with Crippen LogP contribution < -0.4 is 5.48 Å². The minimum absolute atomic E-state index is 0.315. The second-order valence-corrected chi connectivity index (χ2v) is 3.22. The maximum Gasteiger partial charge on any atom is 0.278 e. The topological polar surface area (TPSA) is 51.5 Å². The Morgan fingerprint density at radius 2 is 2.06 bits per heavy atom. The Hall–Kier alpha value is -2.07. The Morgan fingerprint density at radius 3 is 2.75 bits per heavy atom. The Labute approximate surface area is 92.8 Å². The molecule has 0 fully saturated rings. The fourth-order valence-corrected chi connectivity index (χ4v) is 1.21. The number of amides is 1. The molecule has 0 unspecified atom stereocenters. The summed E-state index contributed by atoms with van der Waals surface area (Å²) in [7, 11) is 0. The fraction of sp³-hybridized carbons (Fsp3) is 0.0833. The average Bonchev–Trinajstić information content (AvgIpc) is 2.84. The molecule has 0 radical (unpaired) electrons. The van der Waals surface area contributed by atoms with Crippen LogP contribution in [0.1, 0.15) is 15.9 Å². The molecule has 0 aliphatic heterocycles. The van der Waals surface area contributed by atoms with Gasteiger partial charge in [0.05, 0.1) is 18.4 Å². The van der Waals surface area contributed by atoms with Gasteiger partial charge in [-0.2, -0.15) is 0 Å². The minimum atomic E-state index is -0.315. The number of nitrogens with one attached hydrogen (secondary N) is 1. The lowest BCUT2D eigenvalue weighted by Gasteiger charge is -2.04. The Bertz CT molecular complexity index is 437. The van der Waals surface area contributed by atoms with Crippen LogP contribution in [0.5, 0.6) is 0 Å². The number of benzene rings is 1. The third-order valence-corrected chi connectivity index (χ3v) is 2.03. The van der Waals surface area contributed by atoms with Crippen LogP contribution >= 0.6 is 0 Å². The maximum atomic E-state index is 11.4. The number of hydroxylamine groups is 1. The van der Waals surface area contributed by atoms with Crippen LogP contribution in [0.25, 0.3) is 0 Å². The van der Waals surface area contributed by atoms with Gasteiger partial charge < -0.3 is 4.42 Å². The number of hydrogen-bond acceptors (Lipinski definition) is 3. The largest absolute Gasteiger partial charge is 0.472 e. The first kappa shape index (κ1) is 10.4. The molecule has 0 saturated heterocycles. The van der Waals surface area contributed by atoms with Gasteiger partial charge in [0.15, 0.2) is 0 Å². The van der Waals surface area contributed by atoms with E-state index in [4.69, 9.17) is 9.25 Å². The van der Waals surface area contributed by atoms with Crippen molar-refractivity contribution in [1.29, 1.82) is 0 Å². The van der Waals surface area contributed by atoms with E-state index >= 15 is 0 Å². The summed E-state index contributed by atoms with van der Waals surface area (Å²) in [6, 6.07) is 11.2. The van der Waals surface area contributed by atoms with Gasteiger partial charge in [0, 0.05) is 0 Å². The van der Waals surface area contributed by atoms with Gasteiger partial charge in [-0.05, 0) is 11.6 Å². The monoisotopic (exact) mass is 217 g/mol. The molecule has 1 N–H and O–H groups in total. The van der Waals surface area contributed by atoms with Gasteiger partial charge in [-0.15, -0.1) is 0 Å². The van der Waals surface area contributed by atoms with E-state index in [2.05, 4.69) is 5.48 Å². The van der Waals surface area contributed by atoms with Crippen LogP contribution in [-0.2, 0) is 11.4 Å². The molecular formula is C12H11NO3. The predicted octanol–water partition coefficient (Wildman–Crippen LogP) is 2.14. The highest BCUT2D eigenvalue weighted by atomic mass is 16.6. The van der Waals surface area contributed by atoms with Gasteiger partial charge in [-0.1, -0.05) is 30.3 Å². The number of carbonyl (C=O) groups is 1. The summed E-state index contributed by atoms with van der Waals surface area (Å²) in [5, 5.41) is 0. The minimum Gasteiger partial charge on any atom is -0.472 e. The molecule has 0 bridgehead atoms. The summed E-state index contributed by atoms with van der Waals surface area (Å²) in [6.45, 7) is 0.338. The van der Waals surface area contributed by atoms with Gasteiger partial charge in [0.1, 0.15) is 6.26 Å². The van der Waals surface area contributed by atoms with Gasteiger partial charge in [0.2, 0.25) is 0 Å². The van der Waals surface area contributed by atoms with Gasteiger partial charge in [-0.25, -0.2) is 5.48 Å². The molecule has 1 aromatic carbocycles. The molecule has 2 rings (SSSR count). The Morgan fingerprint density at radius 1 is 1.25 bits per heavy atom. The van der Waals surface area contributed by atoms with Crippen molar-refractivity contribution in [2.75, 3.05) is 0 Å². The lowest BCUT2D eigenvalue weighted by Crippen LogP contribution is -2.22. The highest BCUT2D eigenvalue weighted by Crippen LogP contribution is 2.01. The van der Waals surface area contributed by atoms with Crippen LogP contribution in [0.2, 0.25) is 0 Å². The second kappa shape index (κ2) is 5.14. The molecular weight excluding hydrogens is 206 g/mol. The zero-order valence-electron chi connectivity index (χ0n) is 8.55. The van der Waals surface area contributed by atoms with Crippen molar-refractivity contribution in [3.63, 3.8) is 0 Å². The van der Waals surface area contributed by atoms with Crippen molar-refractivity contribution in [3.8, 4) is 0 Å². The quantitative estimate of drug-likeness (QED) is 0.798. The van der Waals surface area contributed by atoms with Crippen molar-refractivity contribution < 1.29 is 14.0 Å². The van der Waals surface area contributed by atoms with Crippen LogP contribution in [0, 0.1) is 0 Å². The van der Waals surface area contributed by atoms with E-state index in [0.717, 1.165) is 5.56 Å². The first-order chi connectivity index (χ1) is 7.86. The molecule has 1 heterocycles. The molecule has 1 amide bonds. The van der Waals surface area contributed by atoms with E-state index in [1.807, 2.05) is 30.3 Å². The van der Waals surface area contributed by atoms with Gasteiger partial charge >= 0.3 is 0 Å². The molecule has 0 atom stereocenters. The SMILES string of the molecule is O=C(NOCc1ccccc1)c1ccoc1. The predicted molar refractivity (Wildman–Crippen MR) is 57.4 cm³/mol. The van der Waals surface area contributed by atoms with E-state index in [1.165, 1.54) is 12.5 Å². The van der Waals surface area contributed by atoms with Crippen molar-refractivity contribution in [2.24, 2.45) is 0 Å². The van der Waals surface area contributed by atoms with E-state index in [0.29, 0.717) is 12.2 Å². The summed E-state index contributed by atoms with van der Waals surface area (Å²) in [5.74, 6) is -0.315. The molecule has 82 valence electrons. The van der Waals surface area contributed by atoms with E-state index in [1.54, 1.807) is 6.07 Å². The molecule has 0 aliphatic carbocycles. The maximum absolute atomic E-state index is 11.4. The Kier molecular flexibility index (Phi) is 3.35. The van der Waals surface area contributed by atoms with Crippen molar-refractivity contribution in [1.82, 2.24) is 5.48 Å². The van der Waals surface area contributed by atoms with Crippen molar-refractivity contribution >= 4 is 5.91 Å². The zero-order valence-corrected chi connectivity index (χ0v) is 8.55. The molecule has 0 saturated carbocycles. The molecule has 2 aromatic rings. The lowest BCUT2D eigenvalue weighted by atomic mass is 10.2. The van der Waals surface area contributed by atoms with Crippen molar-refractivity contribution in [3.05, 3.63) is 60.1 Å². The fourth-order valence-electron chi connectivity index (χ4n) is 1.21. The summed E-state index contributed by atoms with van der Waals surface area (Å²) in [5.41, 5.74) is 3.77. The summed E-state index contributed by atoms with van der Waals surface area (Å²) in [6.07, 6.45) is 2.80. The molecule has 4 nitrogen and oxygen atoms in total. The zero-order chi connectivity index (χ0) is 11.2. The number of hydrogen-bond donors (Lipinski definition) is 1. The third kappa shape index (κ3) is 2.71. The summed E-state index contributed by atoms with van der Waals surface area (Å²) < 4.78 is 4.78. The Balaban J connectivity index is 1.79. The van der Waals surface area contributed by atoms with Gasteiger partial charge in [0.25, 0.3) is 5.91 Å². The van der Waals surface area contributed by atoms with Crippen molar-refractivity contribution in [2.45, 2.75) is 6.61 Å². The van der Waals surface area contributed by atoms with E-state index < -0.39 is 0 Å². The highest BCUT2D eigenvalue weighted by molar-refractivity contribution is 5.92. The lowest BCUT2D eigenvalue weighted by molar-refractivity contribution is 0.0233. The molecule has 0 spiro atoms. The normalized spacial score (nSPS) is 10.0. The standard InChI is InChI=1S/C12H11NO3/c14-12(11-6-7-15-9-11)13-16-8-10-4-2-1-3-5-10/h1-7,9H,8H2,(H,13,14). The van der Waals surface area contributed by atoms with E-state index in [-0.39, 0.29) is 5.91 Å². The van der Waals surface area contributed by atoms with Crippen LogP contribution in [-0.4, -0.2) is 5.91 Å². The van der Waals surface area contributed by atoms with Crippen LogP contribution in [0.3, 0.4) is 0 Å². The molecule has 1 aromatic heterocycles. The van der Waals surface area contributed by atoms with E-state index in [9.17, 15) is 4.79 Å². The smallest absolute Gasteiger partial charge is 0.278 e. The summed E-state index contributed by atoms with van der Waals surface area (Å²) >= 11 is 0. The number of carbonyl (C=O) groups excluding carboxylic acids is 1. The first-order valence-electron chi connectivity index (χ1n) is 4.84.